The van der Waals surface area contributed by atoms with Crippen LogP contribution in [0.2, 0.25) is 0 Å². The third kappa shape index (κ3) is 6.19. The number of amides is 1. The van der Waals surface area contributed by atoms with Gasteiger partial charge in [-0.05, 0) is 46.5 Å². The molecule has 27 heavy (non-hydrogen) atoms. The van der Waals surface area contributed by atoms with Crippen LogP contribution in [-0.4, -0.2) is 49.8 Å². The van der Waals surface area contributed by atoms with Crippen LogP contribution in [-0.2, 0) is 28.6 Å². The van der Waals surface area contributed by atoms with Gasteiger partial charge in [-0.3, -0.25) is 14.4 Å². The smallest absolute Gasteiger partial charge is 0.309 e. The molecule has 2 aliphatic rings. The molecule has 1 aliphatic heterocycles. The Morgan fingerprint density at radius 3 is 2.48 bits per heavy atom. The molecule has 2 fully saturated rings. The van der Waals surface area contributed by atoms with Gasteiger partial charge in [0, 0.05) is 13.7 Å². The Kier molecular flexibility index (Phi) is 7.25. The number of esters is 2. The van der Waals surface area contributed by atoms with Crippen molar-refractivity contribution in [3.8, 4) is 0 Å². The molecule has 0 aromatic carbocycles. The van der Waals surface area contributed by atoms with Gasteiger partial charge in [0.1, 0.15) is 12.2 Å². The van der Waals surface area contributed by atoms with Gasteiger partial charge in [0.25, 0.3) is 0 Å². The molecule has 1 aliphatic carbocycles. The topological polar surface area (TPSA) is 90.9 Å². The fourth-order valence-electron chi connectivity index (χ4n) is 3.94. The van der Waals surface area contributed by atoms with E-state index in [4.69, 9.17) is 14.2 Å². The maximum Gasteiger partial charge on any atom is 0.309 e. The quantitative estimate of drug-likeness (QED) is 0.647. The minimum atomic E-state index is -0.596. The Balaban J connectivity index is 2.10. The summed E-state index contributed by atoms with van der Waals surface area (Å²) in [7, 11) is 1.60. The van der Waals surface area contributed by atoms with Crippen LogP contribution in [0.5, 0.6) is 0 Å². The lowest BCUT2D eigenvalue weighted by molar-refractivity contribution is -0.162. The molecule has 0 radical (unpaired) electrons. The second-order valence-corrected chi connectivity index (χ2v) is 8.76. The van der Waals surface area contributed by atoms with Gasteiger partial charge in [0.15, 0.2) is 0 Å². The highest BCUT2D eigenvalue weighted by atomic mass is 16.6. The number of carbonyl (C=O) groups is 3. The van der Waals surface area contributed by atoms with Crippen molar-refractivity contribution < 1.29 is 28.6 Å². The van der Waals surface area contributed by atoms with E-state index >= 15 is 0 Å². The number of rotatable bonds is 8. The lowest BCUT2D eigenvalue weighted by atomic mass is 9.75. The predicted octanol–water partition coefficient (Wildman–Crippen LogP) is 2.36. The van der Waals surface area contributed by atoms with Crippen molar-refractivity contribution in [1.82, 2.24) is 5.32 Å². The first-order chi connectivity index (χ1) is 12.6. The summed E-state index contributed by atoms with van der Waals surface area (Å²) in [4.78, 5) is 37.1. The molecule has 1 N–H and O–H groups in total. The number of ether oxygens (including phenoxy) is 3. The normalized spacial score (nSPS) is 23.0. The van der Waals surface area contributed by atoms with Crippen molar-refractivity contribution in [2.24, 2.45) is 11.3 Å². The van der Waals surface area contributed by atoms with Crippen LogP contribution in [0.15, 0.2) is 0 Å². The predicted molar refractivity (Wildman–Crippen MR) is 98.9 cm³/mol. The monoisotopic (exact) mass is 383 g/mol. The molecule has 0 unspecified atom stereocenters. The Labute approximate surface area is 161 Å². The van der Waals surface area contributed by atoms with Crippen LogP contribution >= 0.6 is 0 Å². The van der Waals surface area contributed by atoms with Crippen molar-refractivity contribution >= 4 is 17.8 Å². The van der Waals surface area contributed by atoms with Crippen LogP contribution in [0.1, 0.15) is 65.7 Å². The average molecular weight is 383 g/mol. The van der Waals surface area contributed by atoms with Gasteiger partial charge >= 0.3 is 11.9 Å². The van der Waals surface area contributed by atoms with Gasteiger partial charge in [-0.1, -0.05) is 12.8 Å². The van der Waals surface area contributed by atoms with Crippen LogP contribution in [0.3, 0.4) is 0 Å². The summed E-state index contributed by atoms with van der Waals surface area (Å²) in [5.74, 6) is -1.03. The SMILES string of the molecule is COCC[C@H](CC1(C(=O)N[C@@H]2COC(=O)C2)CCCC1)C(=O)OC(C)(C)C. The van der Waals surface area contributed by atoms with E-state index in [1.807, 2.05) is 20.8 Å². The molecule has 1 amide bonds. The lowest BCUT2D eigenvalue weighted by Crippen LogP contribution is -2.46. The zero-order valence-electron chi connectivity index (χ0n) is 17.0. The summed E-state index contributed by atoms with van der Waals surface area (Å²) in [6.45, 7) is 6.18. The molecule has 7 nitrogen and oxygen atoms in total. The minimum absolute atomic E-state index is 0.0747. The molecule has 0 aromatic heterocycles. The van der Waals surface area contributed by atoms with Crippen LogP contribution in [0.4, 0.5) is 0 Å². The first-order valence-electron chi connectivity index (χ1n) is 9.83. The molecule has 2 atom stereocenters. The minimum Gasteiger partial charge on any atom is -0.463 e. The van der Waals surface area contributed by atoms with E-state index in [1.165, 1.54) is 0 Å². The van der Waals surface area contributed by atoms with Crippen molar-refractivity contribution in [2.75, 3.05) is 20.3 Å². The summed E-state index contributed by atoms with van der Waals surface area (Å²) >= 11 is 0. The van der Waals surface area contributed by atoms with E-state index < -0.39 is 16.9 Å². The molecular formula is C20H33NO6. The zero-order valence-corrected chi connectivity index (χ0v) is 17.0. The largest absolute Gasteiger partial charge is 0.463 e. The van der Waals surface area contributed by atoms with Gasteiger partial charge in [-0.2, -0.15) is 0 Å². The fourth-order valence-corrected chi connectivity index (χ4v) is 3.94. The molecule has 0 aromatic rings. The Bertz CT molecular complexity index is 547. The van der Waals surface area contributed by atoms with E-state index in [0.717, 1.165) is 25.7 Å². The van der Waals surface area contributed by atoms with E-state index in [-0.39, 0.29) is 36.9 Å². The van der Waals surface area contributed by atoms with Crippen molar-refractivity contribution in [2.45, 2.75) is 77.4 Å². The Hall–Kier alpha value is -1.63. The summed E-state index contributed by atoms with van der Waals surface area (Å²) in [6.07, 6.45) is 4.57. The van der Waals surface area contributed by atoms with Crippen molar-refractivity contribution in [3.63, 3.8) is 0 Å². The lowest BCUT2D eigenvalue weighted by Gasteiger charge is -2.33. The first-order valence-corrected chi connectivity index (χ1v) is 9.83. The van der Waals surface area contributed by atoms with E-state index in [0.29, 0.717) is 19.4 Å². The number of cyclic esters (lactones) is 1. The van der Waals surface area contributed by atoms with E-state index in [1.54, 1.807) is 7.11 Å². The summed E-state index contributed by atoms with van der Waals surface area (Å²) in [5, 5.41) is 2.97. The second kappa shape index (κ2) is 9.04. The summed E-state index contributed by atoms with van der Waals surface area (Å²) in [6, 6.07) is -0.276. The summed E-state index contributed by atoms with van der Waals surface area (Å²) in [5.41, 5.74) is -1.17. The number of hydrogen-bond donors (Lipinski definition) is 1. The number of methoxy groups -OCH3 is 1. The Morgan fingerprint density at radius 2 is 1.96 bits per heavy atom. The molecule has 7 heteroatoms. The molecule has 0 bridgehead atoms. The fraction of sp³-hybridized carbons (Fsp3) is 0.850. The highest BCUT2D eigenvalue weighted by Crippen LogP contribution is 2.44. The van der Waals surface area contributed by atoms with Crippen molar-refractivity contribution in [3.05, 3.63) is 0 Å². The zero-order chi connectivity index (χ0) is 20.1. The molecular weight excluding hydrogens is 350 g/mol. The molecule has 1 heterocycles. The van der Waals surface area contributed by atoms with Gasteiger partial charge in [-0.15, -0.1) is 0 Å². The molecule has 1 saturated heterocycles. The second-order valence-electron chi connectivity index (χ2n) is 8.76. The highest BCUT2D eigenvalue weighted by molar-refractivity contribution is 5.85. The van der Waals surface area contributed by atoms with Crippen LogP contribution < -0.4 is 5.32 Å². The number of hydrogen-bond acceptors (Lipinski definition) is 6. The molecule has 2 rings (SSSR count). The third-order valence-corrected chi connectivity index (χ3v) is 5.28. The number of nitrogens with one attached hydrogen (secondary N) is 1. The maximum absolute atomic E-state index is 13.1. The first kappa shape index (κ1) is 21.7. The van der Waals surface area contributed by atoms with Gasteiger partial charge in [0.05, 0.1) is 23.8 Å². The average Bonchev–Trinajstić information content (AvgIpc) is 3.19. The van der Waals surface area contributed by atoms with E-state index in [9.17, 15) is 14.4 Å². The van der Waals surface area contributed by atoms with Gasteiger partial charge < -0.3 is 19.5 Å². The van der Waals surface area contributed by atoms with E-state index in [2.05, 4.69) is 5.32 Å². The maximum atomic E-state index is 13.1. The molecule has 154 valence electrons. The van der Waals surface area contributed by atoms with Gasteiger partial charge in [-0.25, -0.2) is 0 Å². The Morgan fingerprint density at radius 1 is 1.30 bits per heavy atom. The van der Waals surface area contributed by atoms with Crippen LogP contribution in [0.25, 0.3) is 0 Å². The van der Waals surface area contributed by atoms with Crippen molar-refractivity contribution in [1.29, 1.82) is 0 Å². The van der Waals surface area contributed by atoms with Crippen LogP contribution in [0, 0.1) is 11.3 Å². The molecule has 0 spiro atoms. The third-order valence-electron chi connectivity index (χ3n) is 5.28. The molecule has 1 saturated carbocycles. The summed E-state index contributed by atoms with van der Waals surface area (Å²) < 4.78 is 15.7. The highest BCUT2D eigenvalue weighted by Gasteiger charge is 2.45. The standard InChI is InChI=1S/C20H33NO6/c1-19(2,3)27-17(23)14(7-10-25-4)12-20(8-5-6-9-20)18(24)21-15-11-16(22)26-13-15/h14-15H,5-13H2,1-4H3,(H,21,24)/t14-,15+/m1/s1. The number of carbonyl (C=O) groups excluding carboxylic acids is 3. The van der Waals surface area contributed by atoms with Gasteiger partial charge in [0.2, 0.25) is 5.91 Å².